The molecule has 3 heterocycles. The molecule has 5 rings (SSSR count). The molecule has 2 aliphatic heterocycles. The average Bonchev–Trinajstić information content (AvgIpc) is 2.61. The molecule has 0 amide bonds. The third kappa shape index (κ3) is 1.71. The number of para-hydroxylation sites is 2. The van der Waals surface area contributed by atoms with Crippen molar-refractivity contribution in [3.05, 3.63) is 70.1 Å². The van der Waals surface area contributed by atoms with Crippen molar-refractivity contribution < 1.29 is 13.9 Å². The van der Waals surface area contributed by atoms with Gasteiger partial charge in [0.15, 0.2) is 0 Å². The van der Waals surface area contributed by atoms with Crippen LogP contribution in [-0.2, 0) is 0 Å². The number of fused-ring (bicyclic) bond motifs is 8. The van der Waals surface area contributed by atoms with Crippen LogP contribution in [0.25, 0.3) is 11.0 Å². The number of hydrogen-bond donors (Lipinski definition) is 0. The van der Waals surface area contributed by atoms with Gasteiger partial charge in [0.1, 0.15) is 17.1 Å². The second kappa shape index (κ2) is 4.63. The molecule has 2 unspecified atom stereocenters. The van der Waals surface area contributed by atoms with Crippen molar-refractivity contribution in [1.29, 1.82) is 0 Å². The lowest BCUT2D eigenvalue weighted by molar-refractivity contribution is -0.142. The number of ether oxygens (including phenoxy) is 2. The normalized spacial score (nSPS) is 23.8. The Kier molecular flexibility index (Phi) is 2.64. The first-order valence-electron chi connectivity index (χ1n) is 8.23. The van der Waals surface area contributed by atoms with E-state index in [1.165, 1.54) is 0 Å². The highest BCUT2D eigenvalue weighted by molar-refractivity contribution is 5.85. The zero-order chi connectivity index (χ0) is 16.3. The van der Waals surface area contributed by atoms with E-state index in [4.69, 9.17) is 13.9 Å². The summed E-state index contributed by atoms with van der Waals surface area (Å²) in [4.78, 5) is 12.7. The summed E-state index contributed by atoms with van der Waals surface area (Å²) in [5, 5.41) is 0.817. The molecule has 2 aromatic carbocycles. The summed E-state index contributed by atoms with van der Waals surface area (Å²) < 4.78 is 18.1. The van der Waals surface area contributed by atoms with Crippen molar-refractivity contribution in [2.45, 2.75) is 31.5 Å². The molecule has 0 spiro atoms. The van der Waals surface area contributed by atoms with E-state index in [9.17, 15) is 4.79 Å². The molecule has 3 aromatic rings. The minimum Gasteiger partial charge on any atom is -0.452 e. The van der Waals surface area contributed by atoms with Crippen LogP contribution in [-0.4, -0.2) is 5.79 Å². The van der Waals surface area contributed by atoms with Crippen molar-refractivity contribution in [2.75, 3.05) is 0 Å². The molecule has 1 aromatic heterocycles. The Hall–Kier alpha value is -2.75. The summed E-state index contributed by atoms with van der Waals surface area (Å²) in [5.41, 5.74) is 1.85. The Morgan fingerprint density at radius 2 is 1.88 bits per heavy atom. The van der Waals surface area contributed by atoms with Gasteiger partial charge in [-0.1, -0.05) is 37.3 Å². The Morgan fingerprint density at radius 3 is 2.75 bits per heavy atom. The molecule has 24 heavy (non-hydrogen) atoms. The minimum atomic E-state index is -0.734. The maximum Gasteiger partial charge on any atom is 0.343 e. The third-order valence-electron chi connectivity index (χ3n) is 5.08. The first kappa shape index (κ1) is 13.7. The number of rotatable bonds is 1. The van der Waals surface area contributed by atoms with Gasteiger partial charge in [0.25, 0.3) is 5.79 Å². The average molecular weight is 320 g/mol. The van der Waals surface area contributed by atoms with Gasteiger partial charge in [-0.3, -0.25) is 0 Å². The number of hydrogen-bond acceptors (Lipinski definition) is 4. The summed E-state index contributed by atoms with van der Waals surface area (Å²) >= 11 is 0. The molecule has 0 saturated carbocycles. The zero-order valence-electron chi connectivity index (χ0n) is 13.2. The lowest BCUT2D eigenvalue weighted by Crippen LogP contribution is -2.49. The fourth-order valence-electron chi connectivity index (χ4n) is 3.87. The van der Waals surface area contributed by atoms with Crippen molar-refractivity contribution in [1.82, 2.24) is 0 Å². The molecule has 2 bridgehead atoms. The largest absolute Gasteiger partial charge is 0.452 e. The van der Waals surface area contributed by atoms with Crippen LogP contribution in [0, 0.1) is 0 Å². The van der Waals surface area contributed by atoms with E-state index in [0.717, 1.165) is 16.7 Å². The molecule has 2 aliphatic rings. The van der Waals surface area contributed by atoms with Crippen molar-refractivity contribution in [3.63, 3.8) is 0 Å². The second-order valence-corrected chi connectivity index (χ2v) is 6.39. The Bertz CT molecular complexity index is 1020. The van der Waals surface area contributed by atoms with E-state index in [1.54, 1.807) is 6.07 Å². The zero-order valence-corrected chi connectivity index (χ0v) is 13.2. The van der Waals surface area contributed by atoms with E-state index in [2.05, 4.69) is 0 Å². The molecule has 0 aliphatic carbocycles. The van der Waals surface area contributed by atoms with Crippen molar-refractivity contribution in [3.8, 4) is 11.5 Å². The fourth-order valence-corrected chi connectivity index (χ4v) is 3.87. The highest BCUT2D eigenvalue weighted by Gasteiger charge is 2.49. The van der Waals surface area contributed by atoms with Gasteiger partial charge in [0.05, 0.1) is 10.9 Å². The van der Waals surface area contributed by atoms with Crippen LogP contribution in [0.15, 0.2) is 57.7 Å². The SMILES string of the molecule is CCC12CC(c3ccccc3O1)c1c(c3ccccc3oc1=O)O2. The van der Waals surface area contributed by atoms with Gasteiger partial charge in [0.2, 0.25) is 0 Å². The van der Waals surface area contributed by atoms with E-state index in [0.29, 0.717) is 29.7 Å². The highest BCUT2D eigenvalue weighted by Crippen LogP contribution is 2.52. The van der Waals surface area contributed by atoms with Crippen LogP contribution < -0.4 is 15.1 Å². The predicted molar refractivity (Wildman–Crippen MR) is 89.7 cm³/mol. The summed E-state index contributed by atoms with van der Waals surface area (Å²) in [6.45, 7) is 2.05. The summed E-state index contributed by atoms with van der Waals surface area (Å²) in [7, 11) is 0. The van der Waals surface area contributed by atoms with Crippen LogP contribution in [0.5, 0.6) is 11.5 Å². The lowest BCUT2D eigenvalue weighted by Gasteiger charge is -2.45. The van der Waals surface area contributed by atoms with Gasteiger partial charge in [0, 0.05) is 24.3 Å². The summed E-state index contributed by atoms with van der Waals surface area (Å²) in [6.07, 6.45) is 1.32. The van der Waals surface area contributed by atoms with Gasteiger partial charge < -0.3 is 13.9 Å². The van der Waals surface area contributed by atoms with Crippen molar-refractivity contribution in [2.24, 2.45) is 0 Å². The van der Waals surface area contributed by atoms with Gasteiger partial charge in [-0.2, -0.15) is 0 Å². The van der Waals surface area contributed by atoms with Crippen molar-refractivity contribution >= 4 is 11.0 Å². The second-order valence-electron chi connectivity index (χ2n) is 6.39. The van der Waals surface area contributed by atoms with Gasteiger partial charge in [-0.25, -0.2) is 4.79 Å². The fraction of sp³-hybridized carbons (Fsp3) is 0.250. The summed E-state index contributed by atoms with van der Waals surface area (Å²) in [6, 6.07) is 15.3. The van der Waals surface area contributed by atoms with E-state index in [-0.39, 0.29) is 11.5 Å². The smallest absolute Gasteiger partial charge is 0.343 e. The number of benzene rings is 2. The molecular formula is C20H16O4. The maximum atomic E-state index is 12.7. The third-order valence-corrected chi connectivity index (χ3v) is 5.08. The first-order chi connectivity index (χ1) is 11.7. The van der Waals surface area contributed by atoms with Crippen LogP contribution in [0.4, 0.5) is 0 Å². The topological polar surface area (TPSA) is 48.7 Å². The first-order valence-corrected chi connectivity index (χ1v) is 8.23. The molecule has 2 atom stereocenters. The van der Waals surface area contributed by atoms with Gasteiger partial charge in [-0.05, 0) is 18.2 Å². The van der Waals surface area contributed by atoms with Crippen LogP contribution in [0.2, 0.25) is 0 Å². The Morgan fingerprint density at radius 1 is 1.08 bits per heavy atom. The van der Waals surface area contributed by atoms with Crippen LogP contribution >= 0.6 is 0 Å². The quantitative estimate of drug-likeness (QED) is 0.630. The molecule has 120 valence electrons. The van der Waals surface area contributed by atoms with E-state index in [1.807, 2.05) is 49.4 Å². The Labute approximate surface area is 138 Å². The molecule has 0 N–H and O–H groups in total. The monoisotopic (exact) mass is 320 g/mol. The molecular weight excluding hydrogens is 304 g/mol. The highest BCUT2D eigenvalue weighted by atomic mass is 16.7. The van der Waals surface area contributed by atoms with Gasteiger partial charge >= 0.3 is 5.63 Å². The molecule has 4 heteroatoms. The lowest BCUT2D eigenvalue weighted by atomic mass is 9.80. The molecule has 4 nitrogen and oxygen atoms in total. The maximum absolute atomic E-state index is 12.7. The van der Waals surface area contributed by atoms with E-state index >= 15 is 0 Å². The standard InChI is InChI=1S/C20H16O4/c1-2-20-11-14(12-7-3-6-10-16(12)23-20)17-18(24-20)13-8-4-5-9-15(13)22-19(17)21/h3-10,14H,2,11H2,1H3. The molecule has 0 fully saturated rings. The minimum absolute atomic E-state index is 0.0699. The van der Waals surface area contributed by atoms with E-state index < -0.39 is 5.79 Å². The predicted octanol–water partition coefficient (Wildman–Crippen LogP) is 4.21. The van der Waals surface area contributed by atoms with Gasteiger partial charge in [-0.15, -0.1) is 0 Å². The van der Waals surface area contributed by atoms with Crippen LogP contribution in [0.3, 0.4) is 0 Å². The Balaban J connectivity index is 1.88. The summed E-state index contributed by atoms with van der Waals surface area (Å²) in [5.74, 6) is 0.588. The van der Waals surface area contributed by atoms with Crippen LogP contribution in [0.1, 0.15) is 36.8 Å². The molecule has 0 saturated heterocycles. The molecule has 0 radical (unpaired) electrons.